The molecule has 0 radical (unpaired) electrons. The van der Waals surface area contributed by atoms with E-state index in [9.17, 15) is 4.79 Å². The maximum Gasteiger partial charge on any atom is 0.303 e. The second kappa shape index (κ2) is 7.04. The summed E-state index contributed by atoms with van der Waals surface area (Å²) in [6, 6.07) is 8.59. The van der Waals surface area contributed by atoms with Crippen LogP contribution in [0.4, 0.5) is 5.69 Å². The summed E-state index contributed by atoms with van der Waals surface area (Å²) in [6.45, 7) is 6.41. The molecule has 2 N–H and O–H groups in total. The fourth-order valence-corrected chi connectivity index (χ4v) is 1.84. The third kappa shape index (κ3) is 4.78. The van der Waals surface area contributed by atoms with Gasteiger partial charge in [0.05, 0.1) is 0 Å². The molecule has 0 amide bonds. The van der Waals surface area contributed by atoms with Gasteiger partial charge in [-0.3, -0.25) is 4.79 Å². The molecule has 0 spiro atoms. The minimum absolute atomic E-state index is 0.176. The molecule has 0 aliphatic carbocycles. The number of benzene rings is 1. The van der Waals surface area contributed by atoms with E-state index in [1.54, 1.807) is 0 Å². The molecular formula is C15H23NO2. The SMILES string of the molecule is CCC(C)c1ccc(NC(C)CCC(=O)O)cc1. The minimum atomic E-state index is -0.740. The molecule has 1 aromatic carbocycles. The van der Waals surface area contributed by atoms with E-state index in [1.807, 2.05) is 6.92 Å². The monoisotopic (exact) mass is 249 g/mol. The third-order valence-electron chi connectivity index (χ3n) is 3.30. The van der Waals surface area contributed by atoms with Gasteiger partial charge in [-0.2, -0.15) is 0 Å². The Hall–Kier alpha value is -1.51. The summed E-state index contributed by atoms with van der Waals surface area (Å²) in [6.07, 6.45) is 1.99. The zero-order chi connectivity index (χ0) is 13.5. The van der Waals surface area contributed by atoms with E-state index in [2.05, 4.69) is 43.4 Å². The van der Waals surface area contributed by atoms with Crippen molar-refractivity contribution in [1.82, 2.24) is 0 Å². The van der Waals surface area contributed by atoms with Gasteiger partial charge < -0.3 is 10.4 Å². The number of aliphatic carboxylic acids is 1. The highest BCUT2D eigenvalue weighted by Gasteiger charge is 2.06. The maximum absolute atomic E-state index is 10.5. The molecule has 1 rings (SSSR count). The summed E-state index contributed by atoms with van der Waals surface area (Å²) in [5.41, 5.74) is 2.40. The van der Waals surface area contributed by atoms with Crippen molar-refractivity contribution >= 4 is 11.7 Å². The van der Waals surface area contributed by atoms with E-state index in [4.69, 9.17) is 5.11 Å². The van der Waals surface area contributed by atoms with Crippen LogP contribution in [0.15, 0.2) is 24.3 Å². The van der Waals surface area contributed by atoms with Gasteiger partial charge in [0.25, 0.3) is 0 Å². The van der Waals surface area contributed by atoms with Crippen LogP contribution in [-0.4, -0.2) is 17.1 Å². The van der Waals surface area contributed by atoms with Crippen molar-refractivity contribution in [2.24, 2.45) is 0 Å². The molecule has 0 aliphatic heterocycles. The largest absolute Gasteiger partial charge is 0.481 e. The lowest BCUT2D eigenvalue weighted by Crippen LogP contribution is -2.16. The summed E-state index contributed by atoms with van der Waals surface area (Å²) in [4.78, 5) is 10.5. The summed E-state index contributed by atoms with van der Waals surface area (Å²) < 4.78 is 0. The molecular weight excluding hydrogens is 226 g/mol. The molecule has 1 aromatic rings. The zero-order valence-electron chi connectivity index (χ0n) is 11.4. The second-order valence-corrected chi connectivity index (χ2v) is 4.91. The first kappa shape index (κ1) is 14.6. The topological polar surface area (TPSA) is 49.3 Å². The molecule has 2 unspecified atom stereocenters. The van der Waals surface area contributed by atoms with Crippen molar-refractivity contribution in [3.8, 4) is 0 Å². The highest BCUT2D eigenvalue weighted by atomic mass is 16.4. The number of nitrogens with one attached hydrogen (secondary N) is 1. The molecule has 0 aromatic heterocycles. The van der Waals surface area contributed by atoms with Crippen molar-refractivity contribution in [2.45, 2.75) is 52.0 Å². The Morgan fingerprint density at radius 2 is 1.89 bits per heavy atom. The van der Waals surface area contributed by atoms with E-state index in [1.165, 1.54) is 5.56 Å². The van der Waals surface area contributed by atoms with Gasteiger partial charge >= 0.3 is 5.97 Å². The summed E-state index contributed by atoms with van der Waals surface area (Å²) in [5, 5.41) is 11.9. The molecule has 3 heteroatoms. The summed E-state index contributed by atoms with van der Waals surface area (Å²) in [5.74, 6) is -0.153. The van der Waals surface area contributed by atoms with Crippen molar-refractivity contribution in [3.05, 3.63) is 29.8 Å². The van der Waals surface area contributed by atoms with Crippen molar-refractivity contribution in [2.75, 3.05) is 5.32 Å². The fraction of sp³-hybridized carbons (Fsp3) is 0.533. The number of hydrogen-bond donors (Lipinski definition) is 2. The average molecular weight is 249 g/mol. The second-order valence-electron chi connectivity index (χ2n) is 4.91. The van der Waals surface area contributed by atoms with Gasteiger partial charge in [0.2, 0.25) is 0 Å². The molecule has 0 aliphatic rings. The van der Waals surface area contributed by atoms with Crippen molar-refractivity contribution in [1.29, 1.82) is 0 Å². The van der Waals surface area contributed by atoms with Crippen LogP contribution in [0.2, 0.25) is 0 Å². The van der Waals surface area contributed by atoms with Gasteiger partial charge in [-0.05, 0) is 43.4 Å². The van der Waals surface area contributed by atoms with Crippen LogP contribution in [0.25, 0.3) is 0 Å². The van der Waals surface area contributed by atoms with Gasteiger partial charge in [0.15, 0.2) is 0 Å². The van der Waals surface area contributed by atoms with Gasteiger partial charge in [-0.15, -0.1) is 0 Å². The van der Waals surface area contributed by atoms with Gasteiger partial charge in [-0.1, -0.05) is 26.0 Å². The van der Waals surface area contributed by atoms with Gasteiger partial charge in [0, 0.05) is 18.2 Å². The normalized spacial score (nSPS) is 13.9. The highest BCUT2D eigenvalue weighted by molar-refractivity contribution is 5.66. The van der Waals surface area contributed by atoms with Crippen LogP contribution in [0.3, 0.4) is 0 Å². The average Bonchev–Trinajstić information content (AvgIpc) is 2.36. The Morgan fingerprint density at radius 3 is 2.39 bits per heavy atom. The first-order valence-electron chi connectivity index (χ1n) is 6.61. The van der Waals surface area contributed by atoms with Crippen LogP contribution in [-0.2, 0) is 4.79 Å². The third-order valence-corrected chi connectivity index (χ3v) is 3.30. The standard InChI is InChI=1S/C15H23NO2/c1-4-11(2)13-6-8-14(9-7-13)16-12(3)5-10-15(17)18/h6-9,11-12,16H,4-5,10H2,1-3H3,(H,17,18). The van der Waals surface area contributed by atoms with Crippen molar-refractivity contribution < 1.29 is 9.90 Å². The number of carboxylic acids is 1. The lowest BCUT2D eigenvalue weighted by Gasteiger charge is -2.15. The number of hydrogen-bond acceptors (Lipinski definition) is 2. The van der Waals surface area contributed by atoms with Crippen LogP contribution in [0.5, 0.6) is 0 Å². The quantitative estimate of drug-likeness (QED) is 0.771. The zero-order valence-corrected chi connectivity index (χ0v) is 11.4. The molecule has 18 heavy (non-hydrogen) atoms. The Balaban J connectivity index is 2.50. The molecule has 3 nitrogen and oxygen atoms in total. The fourth-order valence-electron chi connectivity index (χ4n) is 1.84. The predicted molar refractivity (Wildman–Crippen MR) is 75.1 cm³/mol. The van der Waals surface area contributed by atoms with Crippen LogP contribution < -0.4 is 5.32 Å². The molecule has 100 valence electrons. The molecule has 0 fully saturated rings. The van der Waals surface area contributed by atoms with E-state index < -0.39 is 5.97 Å². The number of rotatable bonds is 7. The first-order valence-corrected chi connectivity index (χ1v) is 6.61. The van der Waals surface area contributed by atoms with Crippen LogP contribution in [0, 0.1) is 0 Å². The van der Waals surface area contributed by atoms with Gasteiger partial charge in [-0.25, -0.2) is 0 Å². The Kier molecular flexibility index (Phi) is 5.69. The summed E-state index contributed by atoms with van der Waals surface area (Å²) in [7, 11) is 0. The molecule has 0 saturated heterocycles. The number of anilines is 1. The number of carbonyl (C=O) groups is 1. The van der Waals surface area contributed by atoms with Crippen molar-refractivity contribution in [3.63, 3.8) is 0 Å². The lowest BCUT2D eigenvalue weighted by molar-refractivity contribution is -0.137. The van der Waals surface area contributed by atoms with E-state index in [-0.39, 0.29) is 12.5 Å². The number of carboxylic acid groups (broad SMARTS) is 1. The van der Waals surface area contributed by atoms with E-state index in [0.717, 1.165) is 12.1 Å². The highest BCUT2D eigenvalue weighted by Crippen LogP contribution is 2.21. The van der Waals surface area contributed by atoms with E-state index >= 15 is 0 Å². The van der Waals surface area contributed by atoms with Crippen LogP contribution >= 0.6 is 0 Å². The minimum Gasteiger partial charge on any atom is -0.481 e. The molecule has 2 atom stereocenters. The molecule has 0 saturated carbocycles. The van der Waals surface area contributed by atoms with E-state index in [0.29, 0.717) is 12.3 Å². The van der Waals surface area contributed by atoms with Gasteiger partial charge in [0.1, 0.15) is 0 Å². The molecule has 0 heterocycles. The predicted octanol–water partition coefficient (Wildman–Crippen LogP) is 3.87. The molecule has 0 bridgehead atoms. The van der Waals surface area contributed by atoms with Crippen LogP contribution in [0.1, 0.15) is 51.5 Å². The maximum atomic E-state index is 10.5. The lowest BCUT2D eigenvalue weighted by atomic mass is 9.98. The summed E-state index contributed by atoms with van der Waals surface area (Å²) >= 11 is 0. The smallest absolute Gasteiger partial charge is 0.303 e. The Bertz CT molecular complexity index is 373. The Morgan fingerprint density at radius 1 is 1.28 bits per heavy atom. The Labute approximate surface area is 109 Å². The first-order chi connectivity index (χ1) is 8.52.